The molecule has 0 aliphatic carbocycles. The topological polar surface area (TPSA) is 131 Å². The van der Waals surface area contributed by atoms with E-state index in [-0.39, 0.29) is 5.89 Å². The minimum absolute atomic E-state index is 0.0898. The van der Waals surface area contributed by atoms with Crippen molar-refractivity contribution in [3.8, 4) is 0 Å². The summed E-state index contributed by atoms with van der Waals surface area (Å²) in [7, 11) is 0. The van der Waals surface area contributed by atoms with Crippen LogP contribution in [0.2, 0.25) is 0 Å². The van der Waals surface area contributed by atoms with Gasteiger partial charge in [-0.25, -0.2) is 9.78 Å². The third-order valence-electron chi connectivity index (χ3n) is 1.94. The number of nitrogens with one attached hydrogen (secondary N) is 1. The van der Waals surface area contributed by atoms with Gasteiger partial charge in [-0.15, -0.1) is 0 Å². The first kappa shape index (κ1) is 10.3. The van der Waals surface area contributed by atoms with Gasteiger partial charge in [0.15, 0.2) is 0 Å². The number of aromatic amines is 1. The summed E-state index contributed by atoms with van der Waals surface area (Å²) in [6, 6.07) is -0.555. The number of imidazole rings is 1. The van der Waals surface area contributed by atoms with Crippen LogP contribution in [0.15, 0.2) is 17.0 Å². The molecule has 2 aromatic heterocycles. The second-order valence-electron chi connectivity index (χ2n) is 3.15. The van der Waals surface area contributed by atoms with Crippen LogP contribution in [-0.4, -0.2) is 31.2 Å². The van der Waals surface area contributed by atoms with Gasteiger partial charge in [0.1, 0.15) is 0 Å². The highest BCUT2D eigenvalue weighted by Gasteiger charge is 2.18. The number of carboxylic acids is 1. The van der Waals surface area contributed by atoms with Crippen LogP contribution >= 0.6 is 0 Å². The Balaban J connectivity index is 2.08. The van der Waals surface area contributed by atoms with Gasteiger partial charge >= 0.3 is 5.97 Å². The Morgan fingerprint density at radius 1 is 1.69 bits per heavy atom. The predicted molar refractivity (Wildman–Crippen MR) is 50.5 cm³/mol. The van der Waals surface area contributed by atoms with E-state index in [2.05, 4.69) is 20.1 Å². The van der Waals surface area contributed by atoms with E-state index in [0.29, 0.717) is 6.42 Å². The average Bonchev–Trinajstić information content (AvgIpc) is 2.86. The van der Waals surface area contributed by atoms with Crippen molar-refractivity contribution in [3.05, 3.63) is 29.9 Å². The molecule has 0 unspecified atom stereocenters. The van der Waals surface area contributed by atoms with E-state index < -0.39 is 17.8 Å². The molecular formula is C8H9N5O3. The Morgan fingerprint density at radius 2 is 2.50 bits per heavy atom. The number of aromatic nitrogens is 4. The second kappa shape index (κ2) is 4.11. The highest BCUT2D eigenvalue weighted by atomic mass is 16.5. The van der Waals surface area contributed by atoms with Crippen molar-refractivity contribution in [1.29, 1.82) is 0 Å². The summed E-state index contributed by atoms with van der Waals surface area (Å²) in [4.78, 5) is 20.9. The maximum absolute atomic E-state index is 10.5. The number of hydrogen-bond acceptors (Lipinski definition) is 6. The molecule has 0 aliphatic heterocycles. The lowest BCUT2D eigenvalue weighted by atomic mass is 10.2. The molecule has 0 spiro atoms. The summed E-state index contributed by atoms with van der Waals surface area (Å²) >= 11 is 0. The van der Waals surface area contributed by atoms with Crippen molar-refractivity contribution in [2.24, 2.45) is 5.73 Å². The average molecular weight is 223 g/mol. The summed E-state index contributed by atoms with van der Waals surface area (Å²) in [5.74, 6) is -1.55. The molecule has 0 aromatic carbocycles. The van der Waals surface area contributed by atoms with Gasteiger partial charge in [-0.2, -0.15) is 4.98 Å². The first-order valence-corrected chi connectivity index (χ1v) is 4.46. The molecule has 0 aliphatic rings. The summed E-state index contributed by atoms with van der Waals surface area (Å²) in [5, 5.41) is 11.9. The minimum Gasteiger partial charge on any atom is -0.475 e. The smallest absolute Gasteiger partial charge is 0.377 e. The number of rotatable bonds is 4. The Bertz CT molecular complexity index is 478. The lowest BCUT2D eigenvalue weighted by molar-refractivity contribution is 0.0680. The van der Waals surface area contributed by atoms with Gasteiger partial charge in [0.25, 0.3) is 5.82 Å². The van der Waals surface area contributed by atoms with E-state index in [1.165, 1.54) is 6.33 Å². The maximum atomic E-state index is 10.5. The quantitative estimate of drug-likeness (QED) is 0.650. The van der Waals surface area contributed by atoms with Gasteiger partial charge in [-0.05, 0) is 5.16 Å². The normalized spacial score (nSPS) is 12.6. The molecule has 8 nitrogen and oxygen atoms in total. The Labute approximate surface area is 89.5 Å². The molecular weight excluding hydrogens is 214 g/mol. The zero-order valence-electron chi connectivity index (χ0n) is 8.12. The highest BCUT2D eigenvalue weighted by molar-refractivity contribution is 5.82. The van der Waals surface area contributed by atoms with Crippen LogP contribution in [0.4, 0.5) is 0 Å². The standard InChI is InChI=1S/C8H9N5O3/c9-5(1-4-2-10-3-11-4)7-12-6(8(14)15)13-16-7/h2-3,5H,1,9H2,(H,10,11)(H,14,15)/t5-/m0/s1. The van der Waals surface area contributed by atoms with Crippen LogP contribution in [0.25, 0.3) is 0 Å². The Morgan fingerprint density at radius 3 is 3.06 bits per heavy atom. The fourth-order valence-electron chi connectivity index (χ4n) is 1.19. The van der Waals surface area contributed by atoms with E-state index in [1.807, 2.05) is 0 Å². The van der Waals surface area contributed by atoms with Crippen LogP contribution in [-0.2, 0) is 6.42 Å². The van der Waals surface area contributed by atoms with Gasteiger partial charge in [0, 0.05) is 18.3 Å². The van der Waals surface area contributed by atoms with E-state index in [1.54, 1.807) is 6.20 Å². The number of nitrogens with two attached hydrogens (primary N) is 1. The Kier molecular flexibility index (Phi) is 2.64. The van der Waals surface area contributed by atoms with Crippen molar-refractivity contribution < 1.29 is 14.4 Å². The monoisotopic (exact) mass is 223 g/mol. The molecule has 0 fully saturated rings. The first-order valence-electron chi connectivity index (χ1n) is 4.46. The molecule has 4 N–H and O–H groups in total. The predicted octanol–water partition coefficient (Wildman–Crippen LogP) is -0.267. The van der Waals surface area contributed by atoms with Crippen LogP contribution < -0.4 is 5.73 Å². The van der Waals surface area contributed by atoms with Gasteiger partial charge in [0.2, 0.25) is 5.89 Å². The van der Waals surface area contributed by atoms with Crippen molar-refractivity contribution in [2.45, 2.75) is 12.5 Å². The van der Waals surface area contributed by atoms with Crippen molar-refractivity contribution in [3.63, 3.8) is 0 Å². The largest absolute Gasteiger partial charge is 0.475 e. The lowest BCUT2D eigenvalue weighted by Gasteiger charge is -2.03. The maximum Gasteiger partial charge on any atom is 0.377 e. The van der Waals surface area contributed by atoms with Crippen LogP contribution in [0.5, 0.6) is 0 Å². The van der Waals surface area contributed by atoms with Gasteiger partial charge in [-0.1, -0.05) is 0 Å². The van der Waals surface area contributed by atoms with Crippen molar-refractivity contribution in [1.82, 2.24) is 20.1 Å². The lowest BCUT2D eigenvalue weighted by Crippen LogP contribution is -2.14. The van der Waals surface area contributed by atoms with Gasteiger partial charge in [0.05, 0.1) is 12.4 Å². The SMILES string of the molecule is N[C@@H](Cc1cnc[nH]1)c1nc(C(=O)O)no1. The molecule has 16 heavy (non-hydrogen) atoms. The molecule has 2 heterocycles. The third kappa shape index (κ3) is 2.06. The minimum atomic E-state index is -1.25. The second-order valence-corrected chi connectivity index (χ2v) is 3.15. The van der Waals surface area contributed by atoms with Crippen molar-refractivity contribution in [2.75, 3.05) is 0 Å². The summed E-state index contributed by atoms with van der Waals surface area (Å²) < 4.78 is 4.74. The van der Waals surface area contributed by atoms with E-state index in [0.717, 1.165) is 5.69 Å². The van der Waals surface area contributed by atoms with Crippen LogP contribution in [0, 0.1) is 0 Å². The van der Waals surface area contributed by atoms with E-state index in [4.69, 9.17) is 15.4 Å². The van der Waals surface area contributed by atoms with Crippen molar-refractivity contribution >= 4 is 5.97 Å². The molecule has 2 aromatic rings. The zero-order chi connectivity index (χ0) is 11.5. The molecule has 84 valence electrons. The molecule has 1 atom stereocenters. The molecule has 0 radical (unpaired) electrons. The van der Waals surface area contributed by atoms with Crippen LogP contribution in [0.1, 0.15) is 28.2 Å². The summed E-state index contributed by atoms with van der Waals surface area (Å²) in [5.41, 5.74) is 6.57. The fourth-order valence-corrected chi connectivity index (χ4v) is 1.19. The molecule has 0 saturated carbocycles. The first-order chi connectivity index (χ1) is 7.66. The number of aromatic carboxylic acids is 1. The van der Waals surface area contributed by atoms with E-state index in [9.17, 15) is 4.79 Å². The number of carbonyl (C=O) groups is 1. The summed E-state index contributed by atoms with van der Waals surface area (Å²) in [6.45, 7) is 0. The van der Waals surface area contributed by atoms with Crippen LogP contribution in [0.3, 0.4) is 0 Å². The molecule has 0 saturated heterocycles. The molecule has 8 heteroatoms. The molecule has 2 rings (SSSR count). The molecule has 0 bridgehead atoms. The van der Waals surface area contributed by atoms with Gasteiger partial charge < -0.3 is 20.3 Å². The van der Waals surface area contributed by atoms with Gasteiger partial charge in [-0.3, -0.25) is 0 Å². The number of carboxylic acid groups (broad SMARTS) is 1. The number of nitrogens with zero attached hydrogens (tertiary/aromatic N) is 3. The zero-order valence-corrected chi connectivity index (χ0v) is 8.12. The summed E-state index contributed by atoms with van der Waals surface area (Å²) in [6.07, 6.45) is 3.56. The molecule has 0 amide bonds. The van der Waals surface area contributed by atoms with E-state index >= 15 is 0 Å². The number of hydrogen-bond donors (Lipinski definition) is 3. The Hall–Kier alpha value is -2.22. The third-order valence-corrected chi connectivity index (χ3v) is 1.94. The number of H-pyrrole nitrogens is 1. The fraction of sp³-hybridized carbons (Fsp3) is 0.250. The highest BCUT2D eigenvalue weighted by Crippen LogP contribution is 2.12.